The van der Waals surface area contributed by atoms with Gasteiger partial charge < -0.3 is 10.1 Å². The van der Waals surface area contributed by atoms with E-state index in [-0.39, 0.29) is 5.82 Å². The van der Waals surface area contributed by atoms with Gasteiger partial charge in [-0.15, -0.1) is 0 Å². The largest absolute Gasteiger partial charge is 0.463 e. The van der Waals surface area contributed by atoms with E-state index in [1.807, 2.05) is 0 Å². The van der Waals surface area contributed by atoms with E-state index >= 15 is 0 Å². The molecule has 0 aliphatic rings. The van der Waals surface area contributed by atoms with Crippen LogP contribution in [-0.2, 0) is 9.53 Å². The van der Waals surface area contributed by atoms with Crippen LogP contribution in [0.3, 0.4) is 0 Å². The van der Waals surface area contributed by atoms with E-state index in [0.29, 0.717) is 18.8 Å². The van der Waals surface area contributed by atoms with Crippen LogP contribution in [0.2, 0.25) is 0 Å². The highest BCUT2D eigenvalue weighted by Gasteiger charge is 2.00. The summed E-state index contributed by atoms with van der Waals surface area (Å²) in [5, 5.41) is 2.85. The number of benzene rings is 1. The lowest BCUT2D eigenvalue weighted by Crippen LogP contribution is -2.03. The third-order valence-corrected chi connectivity index (χ3v) is 2.37. The predicted octanol–water partition coefficient (Wildman–Crippen LogP) is 3.12. The van der Waals surface area contributed by atoms with Gasteiger partial charge in [0.25, 0.3) is 0 Å². The molecule has 0 spiro atoms. The summed E-state index contributed by atoms with van der Waals surface area (Å²) < 4.78 is 18.8. The number of hydrogen-bond donors (Lipinski definition) is 1. The number of carbonyl (C=O) groups is 1. The van der Waals surface area contributed by atoms with Crippen LogP contribution < -0.4 is 5.32 Å². The van der Waals surface area contributed by atoms with E-state index < -0.39 is 5.97 Å². The molecule has 0 aliphatic heterocycles. The number of rotatable bonds is 5. The topological polar surface area (TPSA) is 38.3 Å². The zero-order chi connectivity index (χ0) is 12.7. The number of anilines is 1. The van der Waals surface area contributed by atoms with Crippen molar-refractivity contribution in [1.29, 1.82) is 0 Å². The highest BCUT2D eigenvalue weighted by Crippen LogP contribution is 2.19. The Hall–Kier alpha value is -1.36. The minimum absolute atomic E-state index is 0.335. The van der Waals surface area contributed by atoms with E-state index in [1.54, 1.807) is 25.1 Å². The highest BCUT2D eigenvalue weighted by atomic mass is 79.9. The van der Waals surface area contributed by atoms with Gasteiger partial charge in [-0.3, -0.25) is 0 Å². The van der Waals surface area contributed by atoms with Gasteiger partial charge in [0.05, 0.1) is 12.3 Å². The Morgan fingerprint density at radius 1 is 1.59 bits per heavy atom. The molecule has 1 rings (SSSR count). The van der Waals surface area contributed by atoms with Gasteiger partial charge in [-0.1, -0.05) is 22.0 Å². The first-order chi connectivity index (χ1) is 8.13. The summed E-state index contributed by atoms with van der Waals surface area (Å²) in [4.78, 5) is 11.0. The lowest BCUT2D eigenvalue weighted by molar-refractivity contribution is -0.137. The molecule has 17 heavy (non-hydrogen) atoms. The average molecular weight is 302 g/mol. The summed E-state index contributed by atoms with van der Waals surface area (Å²) in [6, 6.07) is 4.62. The molecule has 0 aromatic heterocycles. The Balaban J connectivity index is 2.45. The molecule has 0 radical (unpaired) electrons. The Morgan fingerprint density at radius 3 is 3.06 bits per heavy atom. The molecule has 0 aliphatic carbocycles. The van der Waals surface area contributed by atoms with Crippen LogP contribution in [0.15, 0.2) is 34.8 Å². The maximum Gasteiger partial charge on any atom is 0.330 e. The summed E-state index contributed by atoms with van der Waals surface area (Å²) in [7, 11) is 0. The molecule has 5 heteroatoms. The molecule has 0 saturated heterocycles. The predicted molar refractivity (Wildman–Crippen MR) is 68.4 cm³/mol. The van der Waals surface area contributed by atoms with Crippen molar-refractivity contribution in [1.82, 2.24) is 0 Å². The molecule has 0 heterocycles. The Morgan fingerprint density at radius 2 is 2.35 bits per heavy atom. The van der Waals surface area contributed by atoms with Crippen LogP contribution in [0.25, 0.3) is 0 Å². The SMILES string of the molecule is CCOC(=O)/C=C/CNc1cc(Br)ccc1F. The van der Waals surface area contributed by atoms with E-state index in [4.69, 9.17) is 4.74 Å². The van der Waals surface area contributed by atoms with Crippen LogP contribution in [0.5, 0.6) is 0 Å². The number of ether oxygens (including phenoxy) is 1. The van der Waals surface area contributed by atoms with Crippen LogP contribution in [0.1, 0.15) is 6.92 Å². The van der Waals surface area contributed by atoms with Gasteiger partial charge in [0.15, 0.2) is 0 Å². The van der Waals surface area contributed by atoms with Gasteiger partial charge in [-0.25, -0.2) is 9.18 Å². The highest BCUT2D eigenvalue weighted by molar-refractivity contribution is 9.10. The summed E-state index contributed by atoms with van der Waals surface area (Å²) in [5.41, 5.74) is 0.382. The zero-order valence-corrected chi connectivity index (χ0v) is 11.0. The van der Waals surface area contributed by atoms with E-state index in [0.717, 1.165) is 4.47 Å². The van der Waals surface area contributed by atoms with Gasteiger partial charge >= 0.3 is 5.97 Å². The van der Waals surface area contributed by atoms with Crippen LogP contribution >= 0.6 is 15.9 Å². The monoisotopic (exact) mass is 301 g/mol. The minimum atomic E-state index is -0.399. The number of esters is 1. The maximum atomic E-state index is 13.3. The molecule has 0 bridgehead atoms. The van der Waals surface area contributed by atoms with Gasteiger partial charge in [0.1, 0.15) is 5.82 Å². The fourth-order valence-electron chi connectivity index (χ4n) is 1.15. The van der Waals surface area contributed by atoms with Crippen molar-refractivity contribution in [3.63, 3.8) is 0 Å². The fraction of sp³-hybridized carbons (Fsp3) is 0.250. The van der Waals surface area contributed by atoms with Crippen molar-refractivity contribution in [3.05, 3.63) is 40.6 Å². The molecule has 0 saturated carbocycles. The lowest BCUT2D eigenvalue weighted by atomic mass is 10.3. The molecule has 0 amide bonds. The first-order valence-corrected chi connectivity index (χ1v) is 5.95. The van der Waals surface area contributed by atoms with Crippen molar-refractivity contribution in [2.24, 2.45) is 0 Å². The van der Waals surface area contributed by atoms with Crippen molar-refractivity contribution >= 4 is 27.6 Å². The smallest absolute Gasteiger partial charge is 0.330 e. The first-order valence-electron chi connectivity index (χ1n) is 5.15. The minimum Gasteiger partial charge on any atom is -0.463 e. The number of nitrogens with one attached hydrogen (secondary N) is 1. The number of halogens is 2. The van der Waals surface area contributed by atoms with Crippen molar-refractivity contribution in [2.45, 2.75) is 6.92 Å². The molecular weight excluding hydrogens is 289 g/mol. The van der Waals surface area contributed by atoms with Crippen molar-refractivity contribution in [3.8, 4) is 0 Å². The van der Waals surface area contributed by atoms with Crippen molar-refractivity contribution in [2.75, 3.05) is 18.5 Å². The van der Waals surface area contributed by atoms with E-state index in [2.05, 4.69) is 21.2 Å². The quantitative estimate of drug-likeness (QED) is 0.671. The second kappa shape index (κ2) is 7.06. The maximum absolute atomic E-state index is 13.3. The van der Waals surface area contributed by atoms with Crippen LogP contribution in [0.4, 0.5) is 10.1 Å². The molecule has 0 unspecified atom stereocenters. The van der Waals surface area contributed by atoms with Gasteiger partial charge in [0.2, 0.25) is 0 Å². The number of carbonyl (C=O) groups excluding carboxylic acids is 1. The second-order valence-electron chi connectivity index (χ2n) is 3.16. The zero-order valence-electron chi connectivity index (χ0n) is 9.37. The van der Waals surface area contributed by atoms with E-state index in [1.165, 1.54) is 12.1 Å². The molecule has 1 aromatic carbocycles. The molecule has 1 aromatic rings. The number of hydrogen-bond acceptors (Lipinski definition) is 3. The third-order valence-electron chi connectivity index (χ3n) is 1.88. The Kier molecular flexibility index (Phi) is 5.69. The van der Waals surface area contributed by atoms with Gasteiger partial charge in [-0.2, -0.15) is 0 Å². The third kappa shape index (κ3) is 4.99. The molecular formula is C12H13BrFNO2. The standard InChI is InChI=1S/C12H13BrFNO2/c1-2-17-12(16)4-3-7-15-11-8-9(13)5-6-10(11)14/h3-6,8,15H,2,7H2,1H3/b4-3+. The summed E-state index contributed by atoms with van der Waals surface area (Å²) >= 11 is 3.25. The normalized spacial score (nSPS) is 10.5. The molecule has 1 N–H and O–H groups in total. The summed E-state index contributed by atoms with van der Waals surface area (Å²) in [6.07, 6.45) is 2.89. The van der Waals surface area contributed by atoms with E-state index in [9.17, 15) is 9.18 Å². The average Bonchev–Trinajstić information content (AvgIpc) is 2.29. The molecule has 0 fully saturated rings. The van der Waals surface area contributed by atoms with Crippen LogP contribution in [0, 0.1) is 5.82 Å². The summed E-state index contributed by atoms with van der Waals surface area (Å²) in [5.74, 6) is -0.734. The first kappa shape index (κ1) is 13.7. The molecule has 3 nitrogen and oxygen atoms in total. The fourth-order valence-corrected chi connectivity index (χ4v) is 1.51. The Labute approximate surface area is 108 Å². The van der Waals surface area contributed by atoms with Crippen LogP contribution in [-0.4, -0.2) is 19.1 Å². The summed E-state index contributed by atoms with van der Waals surface area (Å²) in [6.45, 7) is 2.43. The van der Waals surface area contributed by atoms with Crippen molar-refractivity contribution < 1.29 is 13.9 Å². The Bertz CT molecular complexity index is 421. The van der Waals surface area contributed by atoms with Gasteiger partial charge in [0, 0.05) is 17.1 Å². The molecule has 0 atom stereocenters. The molecule has 92 valence electrons. The lowest BCUT2D eigenvalue weighted by Gasteiger charge is -2.05. The second-order valence-corrected chi connectivity index (χ2v) is 4.08. The van der Waals surface area contributed by atoms with Gasteiger partial charge in [-0.05, 0) is 25.1 Å².